The number of nitrogens with two attached hydrogens (primary N) is 1. The van der Waals surface area contributed by atoms with Crippen LogP contribution in [0.25, 0.3) is 0 Å². The third kappa shape index (κ3) is 5.43. The fraction of sp³-hybridized carbons (Fsp3) is 0.800. The second kappa shape index (κ2) is 6.71. The van der Waals surface area contributed by atoms with Crippen molar-refractivity contribution in [2.45, 2.75) is 19.0 Å². The molecule has 1 heterocycles. The second-order valence-corrected chi connectivity index (χ2v) is 4.27. The van der Waals surface area contributed by atoms with Crippen LogP contribution in [0.15, 0.2) is 0 Å². The Morgan fingerprint density at radius 2 is 1.89 bits per heavy atom. The van der Waals surface area contributed by atoms with Crippen molar-refractivity contribution in [3.05, 3.63) is 0 Å². The molecule has 1 aliphatic rings. The maximum atomic E-state index is 11.8. The smallest absolute Gasteiger partial charge is 0.362 e. The third-order valence-corrected chi connectivity index (χ3v) is 2.85. The van der Waals surface area contributed by atoms with Crippen LogP contribution in [0.5, 0.6) is 0 Å². The zero-order valence-corrected chi connectivity index (χ0v) is 10.2. The highest BCUT2D eigenvalue weighted by Crippen LogP contribution is 2.18. The van der Waals surface area contributed by atoms with Gasteiger partial charge in [0, 0.05) is 19.0 Å². The molecule has 0 aromatic heterocycles. The van der Waals surface area contributed by atoms with Gasteiger partial charge in [-0.2, -0.15) is 13.2 Å². The van der Waals surface area contributed by atoms with Gasteiger partial charge in [0.05, 0.1) is 0 Å². The molecule has 3 N–H and O–H groups in total. The van der Waals surface area contributed by atoms with Crippen LogP contribution in [0, 0.1) is 5.92 Å². The summed E-state index contributed by atoms with van der Waals surface area (Å²) in [5.41, 5.74) is 2.04. The highest BCUT2D eigenvalue weighted by Gasteiger charge is 2.30. The molecule has 0 aliphatic carbocycles. The second-order valence-electron chi connectivity index (χ2n) is 4.27. The molecule has 0 spiro atoms. The van der Waals surface area contributed by atoms with Crippen LogP contribution in [-0.2, 0) is 14.3 Å². The first-order valence-electron chi connectivity index (χ1n) is 5.76. The van der Waals surface area contributed by atoms with Gasteiger partial charge in [-0.3, -0.25) is 15.0 Å². The van der Waals surface area contributed by atoms with E-state index in [1.807, 2.05) is 5.43 Å². The first-order valence-corrected chi connectivity index (χ1v) is 5.76. The summed E-state index contributed by atoms with van der Waals surface area (Å²) >= 11 is 0. The van der Waals surface area contributed by atoms with Gasteiger partial charge in [0.15, 0.2) is 0 Å². The van der Waals surface area contributed by atoms with E-state index in [1.54, 1.807) is 0 Å². The first kappa shape index (κ1) is 15.7. The van der Waals surface area contributed by atoms with Crippen molar-refractivity contribution in [2.24, 2.45) is 11.8 Å². The molecular weight excluding hydrogens is 267 g/mol. The van der Waals surface area contributed by atoms with Gasteiger partial charge in [0.2, 0.25) is 11.8 Å². The topological polar surface area (TPSA) is 84.7 Å². The number of nitrogens with one attached hydrogen (secondary N) is 1. The normalized spacial score (nSPS) is 17.4. The van der Waals surface area contributed by atoms with Gasteiger partial charge >= 0.3 is 6.18 Å². The summed E-state index contributed by atoms with van der Waals surface area (Å²) < 4.78 is 39.8. The predicted octanol–water partition coefficient (Wildman–Crippen LogP) is -0.206. The highest BCUT2D eigenvalue weighted by atomic mass is 19.4. The quantitative estimate of drug-likeness (QED) is 0.425. The van der Waals surface area contributed by atoms with Crippen LogP contribution in [-0.4, -0.2) is 49.2 Å². The molecule has 0 bridgehead atoms. The highest BCUT2D eigenvalue weighted by molar-refractivity contribution is 5.80. The molecule has 0 aromatic rings. The van der Waals surface area contributed by atoms with Crippen LogP contribution >= 0.6 is 0 Å². The number of likely N-dealkylation sites (tertiary alicyclic amines) is 1. The number of alkyl halides is 3. The summed E-state index contributed by atoms with van der Waals surface area (Å²) in [5.74, 6) is 3.94. The number of hydrogen-bond donors (Lipinski definition) is 2. The molecule has 19 heavy (non-hydrogen) atoms. The maximum Gasteiger partial charge on any atom is 0.411 e. The lowest BCUT2D eigenvalue weighted by molar-refractivity contribution is -0.178. The van der Waals surface area contributed by atoms with Crippen molar-refractivity contribution >= 4 is 11.8 Å². The molecule has 0 unspecified atom stereocenters. The Kier molecular flexibility index (Phi) is 5.55. The van der Waals surface area contributed by atoms with Crippen molar-refractivity contribution in [1.29, 1.82) is 0 Å². The molecule has 0 atom stereocenters. The van der Waals surface area contributed by atoms with Gasteiger partial charge in [0.1, 0.15) is 13.2 Å². The zero-order valence-electron chi connectivity index (χ0n) is 10.2. The molecule has 0 radical (unpaired) electrons. The molecule has 0 aromatic carbocycles. The van der Waals surface area contributed by atoms with Crippen LogP contribution in [0.4, 0.5) is 13.2 Å². The number of carbonyl (C=O) groups is 2. The molecule has 6 nitrogen and oxygen atoms in total. The molecule has 1 fully saturated rings. The third-order valence-electron chi connectivity index (χ3n) is 2.85. The lowest BCUT2D eigenvalue weighted by Gasteiger charge is -2.31. The standard InChI is InChI=1S/C10H16F3N3O3/c11-10(12,13)6-19-5-8(17)16-3-1-7(2-4-16)9(18)15-14/h7H,1-6,14H2,(H,15,18). The number of ether oxygens (including phenoxy) is 1. The fourth-order valence-electron chi connectivity index (χ4n) is 1.85. The van der Waals surface area contributed by atoms with Crippen molar-refractivity contribution in [2.75, 3.05) is 26.3 Å². The Labute approximate surface area is 108 Å². The zero-order chi connectivity index (χ0) is 14.5. The Hall–Kier alpha value is -1.35. The number of hydrazine groups is 1. The summed E-state index contributed by atoms with van der Waals surface area (Å²) in [6.45, 7) is -1.42. The molecule has 1 rings (SSSR count). The molecule has 1 saturated heterocycles. The fourth-order valence-corrected chi connectivity index (χ4v) is 1.85. The summed E-state index contributed by atoms with van der Waals surface area (Å²) in [6.07, 6.45) is -3.56. The van der Waals surface area contributed by atoms with Gasteiger partial charge in [-0.25, -0.2) is 5.84 Å². The first-order chi connectivity index (χ1) is 8.83. The molecule has 110 valence electrons. The van der Waals surface area contributed by atoms with E-state index in [2.05, 4.69) is 4.74 Å². The minimum atomic E-state index is -4.44. The Morgan fingerprint density at radius 3 is 2.37 bits per heavy atom. The number of halogens is 3. The van der Waals surface area contributed by atoms with E-state index in [4.69, 9.17) is 5.84 Å². The number of hydrogen-bond acceptors (Lipinski definition) is 4. The SMILES string of the molecule is NNC(=O)C1CCN(C(=O)COCC(F)(F)F)CC1. The number of nitrogens with zero attached hydrogens (tertiary/aromatic N) is 1. The average Bonchev–Trinajstić information content (AvgIpc) is 2.36. The van der Waals surface area contributed by atoms with E-state index in [1.165, 1.54) is 4.90 Å². The van der Waals surface area contributed by atoms with Crippen molar-refractivity contribution < 1.29 is 27.5 Å². The van der Waals surface area contributed by atoms with E-state index in [0.717, 1.165) is 0 Å². The van der Waals surface area contributed by atoms with E-state index in [0.29, 0.717) is 25.9 Å². The van der Waals surface area contributed by atoms with Gasteiger partial charge in [-0.1, -0.05) is 0 Å². The molecule has 2 amide bonds. The van der Waals surface area contributed by atoms with Crippen LogP contribution in [0.2, 0.25) is 0 Å². The van der Waals surface area contributed by atoms with Crippen molar-refractivity contribution in [3.63, 3.8) is 0 Å². The molecule has 0 saturated carbocycles. The van der Waals surface area contributed by atoms with E-state index in [-0.39, 0.29) is 11.8 Å². The maximum absolute atomic E-state index is 11.8. The monoisotopic (exact) mass is 283 g/mol. The largest absolute Gasteiger partial charge is 0.411 e. The van der Waals surface area contributed by atoms with E-state index in [9.17, 15) is 22.8 Å². The Morgan fingerprint density at radius 1 is 1.32 bits per heavy atom. The van der Waals surface area contributed by atoms with Gasteiger partial charge in [-0.15, -0.1) is 0 Å². The summed E-state index contributed by atoms with van der Waals surface area (Å²) in [7, 11) is 0. The molecule has 9 heteroatoms. The summed E-state index contributed by atoms with van der Waals surface area (Å²) in [4.78, 5) is 24.2. The number of rotatable bonds is 4. The van der Waals surface area contributed by atoms with Crippen LogP contribution < -0.4 is 11.3 Å². The van der Waals surface area contributed by atoms with E-state index >= 15 is 0 Å². The Balaban J connectivity index is 2.27. The number of carbonyl (C=O) groups excluding carboxylic acids is 2. The van der Waals surface area contributed by atoms with Crippen molar-refractivity contribution in [3.8, 4) is 0 Å². The van der Waals surface area contributed by atoms with Gasteiger partial charge < -0.3 is 9.64 Å². The van der Waals surface area contributed by atoms with Crippen LogP contribution in [0.3, 0.4) is 0 Å². The van der Waals surface area contributed by atoms with Gasteiger partial charge in [0.25, 0.3) is 0 Å². The number of piperidine rings is 1. The van der Waals surface area contributed by atoms with Gasteiger partial charge in [-0.05, 0) is 12.8 Å². The lowest BCUT2D eigenvalue weighted by Crippen LogP contribution is -2.45. The minimum Gasteiger partial charge on any atom is -0.362 e. The molecule has 1 aliphatic heterocycles. The summed E-state index contributed by atoms with van der Waals surface area (Å²) in [5, 5.41) is 0. The van der Waals surface area contributed by atoms with E-state index < -0.39 is 25.3 Å². The minimum absolute atomic E-state index is 0.259. The lowest BCUT2D eigenvalue weighted by atomic mass is 9.96. The Bertz CT molecular complexity index is 328. The van der Waals surface area contributed by atoms with Crippen molar-refractivity contribution in [1.82, 2.24) is 10.3 Å². The summed E-state index contributed by atoms with van der Waals surface area (Å²) in [6, 6.07) is 0. The average molecular weight is 283 g/mol. The number of amides is 2. The van der Waals surface area contributed by atoms with Crippen LogP contribution in [0.1, 0.15) is 12.8 Å². The molecular formula is C10H16F3N3O3. The predicted molar refractivity (Wildman–Crippen MR) is 58.5 cm³/mol.